The zero-order valence-corrected chi connectivity index (χ0v) is 17.4. The Morgan fingerprint density at radius 2 is 1.78 bits per heavy atom. The Morgan fingerprint density at radius 3 is 2.37 bits per heavy atom. The second kappa shape index (κ2) is 8.72. The lowest BCUT2D eigenvalue weighted by molar-refractivity contribution is -0.122. The summed E-state index contributed by atoms with van der Waals surface area (Å²) in [6.45, 7) is 4.92. The van der Waals surface area contributed by atoms with Crippen LogP contribution in [0.3, 0.4) is 0 Å². The number of thioether (sulfide) groups is 1. The second-order valence-corrected chi connectivity index (χ2v) is 8.43. The number of hydrogen-bond acceptors (Lipinski definition) is 4. The Labute approximate surface area is 170 Å². The highest BCUT2D eigenvalue weighted by Crippen LogP contribution is 2.33. The highest BCUT2D eigenvalue weighted by molar-refractivity contribution is 8.26. The Hall–Kier alpha value is -2.11. The molecule has 0 atom stereocenters. The second-order valence-electron chi connectivity index (χ2n) is 6.75. The summed E-state index contributed by atoms with van der Waals surface area (Å²) in [5.74, 6) is 1.32. The molecule has 0 aromatic heterocycles. The Bertz CT molecular complexity index is 855. The van der Waals surface area contributed by atoms with Gasteiger partial charge < -0.3 is 4.74 Å². The number of benzene rings is 2. The molecule has 0 N–H and O–H groups in total. The summed E-state index contributed by atoms with van der Waals surface area (Å²) in [4.78, 5) is 15.1. The quantitative estimate of drug-likeness (QED) is 0.491. The third-order valence-electron chi connectivity index (χ3n) is 4.56. The van der Waals surface area contributed by atoms with Crippen molar-refractivity contribution in [2.75, 3.05) is 13.7 Å². The largest absolute Gasteiger partial charge is 0.497 e. The smallest absolute Gasteiger partial charge is 0.266 e. The van der Waals surface area contributed by atoms with E-state index in [1.54, 1.807) is 12.0 Å². The van der Waals surface area contributed by atoms with Crippen LogP contribution in [0, 0.1) is 0 Å². The van der Waals surface area contributed by atoms with Crippen LogP contribution in [0.15, 0.2) is 53.4 Å². The summed E-state index contributed by atoms with van der Waals surface area (Å²) in [6, 6.07) is 16.2. The van der Waals surface area contributed by atoms with Gasteiger partial charge in [-0.05, 0) is 47.2 Å². The summed E-state index contributed by atoms with van der Waals surface area (Å²) < 4.78 is 5.80. The van der Waals surface area contributed by atoms with Crippen molar-refractivity contribution < 1.29 is 9.53 Å². The molecule has 5 heteroatoms. The van der Waals surface area contributed by atoms with Gasteiger partial charge in [0.1, 0.15) is 10.1 Å². The van der Waals surface area contributed by atoms with Crippen LogP contribution in [0.2, 0.25) is 0 Å². The van der Waals surface area contributed by atoms with Gasteiger partial charge in [-0.15, -0.1) is 0 Å². The van der Waals surface area contributed by atoms with Crippen molar-refractivity contribution in [3.63, 3.8) is 0 Å². The van der Waals surface area contributed by atoms with Crippen molar-refractivity contribution in [3.05, 3.63) is 70.1 Å². The lowest BCUT2D eigenvalue weighted by Crippen LogP contribution is -2.30. The fourth-order valence-corrected chi connectivity index (χ4v) is 4.16. The molecule has 140 valence electrons. The predicted octanol–water partition coefficient (Wildman–Crippen LogP) is 5.26. The van der Waals surface area contributed by atoms with E-state index in [2.05, 4.69) is 38.1 Å². The van der Waals surface area contributed by atoms with E-state index in [1.165, 1.54) is 17.3 Å². The molecule has 1 heterocycles. The number of nitrogens with zero attached hydrogens (tertiary/aromatic N) is 1. The van der Waals surface area contributed by atoms with Crippen molar-refractivity contribution in [2.24, 2.45) is 0 Å². The molecule has 0 saturated carbocycles. The van der Waals surface area contributed by atoms with Gasteiger partial charge in [0.2, 0.25) is 0 Å². The number of carbonyl (C=O) groups is 1. The molecule has 1 saturated heterocycles. The molecule has 1 aliphatic rings. The van der Waals surface area contributed by atoms with E-state index >= 15 is 0 Å². The van der Waals surface area contributed by atoms with Gasteiger partial charge in [-0.25, -0.2) is 0 Å². The van der Waals surface area contributed by atoms with Crippen LogP contribution >= 0.6 is 24.0 Å². The third-order valence-corrected chi connectivity index (χ3v) is 5.94. The third kappa shape index (κ3) is 4.79. The number of carbonyl (C=O) groups excluding carboxylic acids is 1. The first-order valence-corrected chi connectivity index (χ1v) is 10.2. The van der Waals surface area contributed by atoms with Gasteiger partial charge in [-0.3, -0.25) is 9.69 Å². The Morgan fingerprint density at radius 1 is 1.11 bits per heavy atom. The summed E-state index contributed by atoms with van der Waals surface area (Å²) in [5, 5.41) is 0. The maximum Gasteiger partial charge on any atom is 0.266 e. The summed E-state index contributed by atoms with van der Waals surface area (Å²) in [5.41, 5.74) is 3.47. The molecule has 1 amide bonds. The molecule has 1 aliphatic heterocycles. The van der Waals surface area contributed by atoms with Crippen LogP contribution in [0.25, 0.3) is 6.08 Å². The average Bonchev–Trinajstić information content (AvgIpc) is 2.94. The van der Waals surface area contributed by atoms with Crippen molar-refractivity contribution in [1.29, 1.82) is 0 Å². The molecule has 2 aromatic rings. The van der Waals surface area contributed by atoms with Gasteiger partial charge in [0.25, 0.3) is 5.91 Å². The van der Waals surface area contributed by atoms with Crippen LogP contribution in [0.4, 0.5) is 0 Å². The topological polar surface area (TPSA) is 29.5 Å². The fraction of sp³-hybridized carbons (Fsp3) is 0.273. The van der Waals surface area contributed by atoms with E-state index in [0.717, 1.165) is 23.3 Å². The van der Waals surface area contributed by atoms with Crippen molar-refractivity contribution in [3.8, 4) is 5.75 Å². The SMILES string of the molecule is COc1ccc(CCN2C(=O)C(=Cc3ccc(C(C)C)cc3)SC2=S)cc1. The molecule has 3 rings (SSSR count). The molecule has 0 unspecified atom stereocenters. The average molecular weight is 398 g/mol. The standard InChI is InChI=1S/C22H23NO2S2/c1-15(2)18-8-4-17(5-9-18)14-20-21(24)23(22(26)27-20)13-12-16-6-10-19(25-3)11-7-16/h4-11,14-15H,12-13H2,1-3H3. The number of amides is 1. The van der Waals surface area contributed by atoms with Crippen LogP contribution in [-0.4, -0.2) is 28.8 Å². The first kappa shape index (κ1) is 19.6. The van der Waals surface area contributed by atoms with E-state index < -0.39 is 0 Å². The summed E-state index contributed by atoms with van der Waals surface area (Å²) in [6.07, 6.45) is 2.68. The number of thiocarbonyl (C=S) groups is 1. The van der Waals surface area contributed by atoms with Crippen LogP contribution < -0.4 is 4.74 Å². The normalized spacial score (nSPS) is 15.9. The fourth-order valence-electron chi connectivity index (χ4n) is 2.85. The van der Waals surface area contributed by atoms with Crippen molar-refractivity contribution in [1.82, 2.24) is 4.90 Å². The van der Waals surface area contributed by atoms with Gasteiger partial charge >= 0.3 is 0 Å². The van der Waals surface area contributed by atoms with E-state index in [9.17, 15) is 4.79 Å². The number of ether oxygens (including phenoxy) is 1. The molecule has 2 aromatic carbocycles. The van der Waals surface area contributed by atoms with Crippen LogP contribution in [0.5, 0.6) is 5.75 Å². The molecule has 3 nitrogen and oxygen atoms in total. The lowest BCUT2D eigenvalue weighted by Gasteiger charge is -2.14. The lowest BCUT2D eigenvalue weighted by atomic mass is 10.0. The van der Waals surface area contributed by atoms with E-state index in [-0.39, 0.29) is 5.91 Å². The van der Waals surface area contributed by atoms with Gasteiger partial charge in [-0.1, -0.05) is 74.2 Å². The Balaban J connectivity index is 1.66. The molecule has 0 spiro atoms. The molecule has 0 radical (unpaired) electrons. The summed E-state index contributed by atoms with van der Waals surface area (Å²) in [7, 11) is 1.65. The maximum atomic E-state index is 12.7. The van der Waals surface area contributed by atoms with Gasteiger partial charge in [0.15, 0.2) is 0 Å². The van der Waals surface area contributed by atoms with Crippen LogP contribution in [0.1, 0.15) is 36.5 Å². The first-order chi connectivity index (χ1) is 13.0. The van der Waals surface area contributed by atoms with E-state index in [0.29, 0.717) is 21.7 Å². The van der Waals surface area contributed by atoms with Gasteiger partial charge in [0.05, 0.1) is 12.0 Å². The Kier molecular flexibility index (Phi) is 6.34. The minimum Gasteiger partial charge on any atom is -0.497 e. The predicted molar refractivity (Wildman–Crippen MR) is 117 cm³/mol. The zero-order valence-electron chi connectivity index (χ0n) is 15.8. The minimum absolute atomic E-state index is 0.00792. The highest BCUT2D eigenvalue weighted by atomic mass is 32.2. The van der Waals surface area contributed by atoms with Gasteiger partial charge in [-0.2, -0.15) is 0 Å². The van der Waals surface area contributed by atoms with E-state index in [4.69, 9.17) is 17.0 Å². The number of hydrogen-bond donors (Lipinski definition) is 0. The zero-order chi connectivity index (χ0) is 19.4. The van der Waals surface area contributed by atoms with Gasteiger partial charge in [0, 0.05) is 6.54 Å². The minimum atomic E-state index is -0.00792. The monoisotopic (exact) mass is 397 g/mol. The molecule has 0 aliphatic carbocycles. The van der Waals surface area contributed by atoms with Crippen molar-refractivity contribution >= 4 is 40.3 Å². The van der Waals surface area contributed by atoms with Crippen molar-refractivity contribution in [2.45, 2.75) is 26.2 Å². The number of rotatable bonds is 6. The molecule has 1 fully saturated rings. The first-order valence-electron chi connectivity index (χ1n) is 8.96. The highest BCUT2D eigenvalue weighted by Gasteiger charge is 2.31. The van der Waals surface area contributed by atoms with E-state index in [1.807, 2.05) is 30.3 Å². The van der Waals surface area contributed by atoms with Crippen LogP contribution in [-0.2, 0) is 11.2 Å². The molecular weight excluding hydrogens is 374 g/mol. The summed E-state index contributed by atoms with van der Waals surface area (Å²) >= 11 is 6.81. The maximum absolute atomic E-state index is 12.7. The number of methoxy groups -OCH3 is 1. The molecule has 0 bridgehead atoms. The molecular formula is C22H23NO2S2. The molecule has 27 heavy (non-hydrogen) atoms.